The molecule has 0 fully saturated rings. The molecule has 130 valence electrons. The lowest BCUT2D eigenvalue weighted by atomic mass is 10.1. The standard InChI is InChI=1S/C16H20Cl2N4OS/c1-3-19-16(21-8-15-10(2)22-9-24-15)20-7-14(23)11-4-12(17)6-13(18)5-11/h4-6,9,14,23H,3,7-8H2,1-2H3,(H2,19,20,21). The number of hydrogen-bond acceptors (Lipinski definition) is 4. The van der Waals surface area contributed by atoms with Gasteiger partial charge in [0.05, 0.1) is 23.9 Å². The molecule has 1 aromatic carbocycles. The fourth-order valence-electron chi connectivity index (χ4n) is 2.05. The highest BCUT2D eigenvalue weighted by molar-refractivity contribution is 7.09. The molecule has 3 N–H and O–H groups in total. The van der Waals surface area contributed by atoms with Crippen LogP contribution in [0.25, 0.3) is 0 Å². The Morgan fingerprint density at radius 3 is 2.58 bits per heavy atom. The van der Waals surface area contributed by atoms with Crippen molar-refractivity contribution >= 4 is 40.5 Å². The number of halogens is 2. The van der Waals surface area contributed by atoms with Crippen LogP contribution >= 0.6 is 34.5 Å². The number of guanidine groups is 1. The van der Waals surface area contributed by atoms with Crippen molar-refractivity contribution in [3.05, 3.63) is 49.9 Å². The first-order valence-corrected chi connectivity index (χ1v) is 9.18. The van der Waals surface area contributed by atoms with Gasteiger partial charge in [0.15, 0.2) is 5.96 Å². The van der Waals surface area contributed by atoms with Crippen LogP contribution in [0.5, 0.6) is 0 Å². The number of hydrogen-bond donors (Lipinski definition) is 3. The second-order valence-electron chi connectivity index (χ2n) is 5.16. The Morgan fingerprint density at radius 2 is 2.00 bits per heavy atom. The zero-order chi connectivity index (χ0) is 17.5. The number of aliphatic imine (C=N–C) groups is 1. The van der Waals surface area contributed by atoms with Crippen LogP contribution in [0, 0.1) is 6.92 Å². The van der Waals surface area contributed by atoms with Gasteiger partial charge in [0.1, 0.15) is 0 Å². The molecule has 0 aliphatic rings. The number of rotatable bonds is 6. The minimum absolute atomic E-state index is 0.296. The molecule has 1 heterocycles. The number of aliphatic hydroxyl groups is 1. The predicted molar refractivity (Wildman–Crippen MR) is 101 cm³/mol. The summed E-state index contributed by atoms with van der Waals surface area (Å²) >= 11 is 13.5. The maximum absolute atomic E-state index is 10.3. The molecule has 5 nitrogen and oxygen atoms in total. The number of thiazole rings is 1. The Bertz CT molecular complexity index is 685. The van der Waals surface area contributed by atoms with Crippen LogP contribution in [0.3, 0.4) is 0 Å². The van der Waals surface area contributed by atoms with Crippen LogP contribution in [0.15, 0.2) is 28.7 Å². The number of aliphatic hydroxyl groups excluding tert-OH is 1. The zero-order valence-electron chi connectivity index (χ0n) is 13.5. The molecule has 2 rings (SSSR count). The van der Waals surface area contributed by atoms with Gasteiger partial charge in [0.25, 0.3) is 0 Å². The fraction of sp³-hybridized carbons (Fsp3) is 0.375. The van der Waals surface area contributed by atoms with Crippen LogP contribution in [0.2, 0.25) is 10.0 Å². The van der Waals surface area contributed by atoms with Gasteiger partial charge in [-0.15, -0.1) is 11.3 Å². The molecule has 0 spiro atoms. The first-order chi connectivity index (χ1) is 11.5. The molecule has 8 heteroatoms. The summed E-state index contributed by atoms with van der Waals surface area (Å²) in [6.07, 6.45) is -0.741. The molecule has 1 aromatic heterocycles. The highest BCUT2D eigenvalue weighted by atomic mass is 35.5. The van der Waals surface area contributed by atoms with Gasteiger partial charge < -0.3 is 15.7 Å². The van der Waals surface area contributed by atoms with Crippen molar-refractivity contribution in [1.82, 2.24) is 15.6 Å². The van der Waals surface area contributed by atoms with Gasteiger partial charge in [-0.3, -0.25) is 0 Å². The maximum atomic E-state index is 10.3. The van der Waals surface area contributed by atoms with Crippen LogP contribution < -0.4 is 10.6 Å². The minimum Gasteiger partial charge on any atom is -0.387 e. The SMILES string of the molecule is CCNC(=NCc1scnc1C)NCC(O)c1cc(Cl)cc(Cl)c1. The summed E-state index contributed by atoms with van der Waals surface area (Å²) in [5.41, 5.74) is 3.47. The molecule has 0 radical (unpaired) electrons. The molecular weight excluding hydrogens is 367 g/mol. The predicted octanol–water partition coefficient (Wildman–Crippen LogP) is 3.55. The van der Waals surface area contributed by atoms with Gasteiger partial charge in [0, 0.05) is 28.0 Å². The third-order valence-electron chi connectivity index (χ3n) is 3.30. The molecule has 0 saturated heterocycles. The average molecular weight is 387 g/mol. The average Bonchev–Trinajstić information content (AvgIpc) is 2.94. The van der Waals surface area contributed by atoms with Crippen molar-refractivity contribution in [3.63, 3.8) is 0 Å². The number of aryl methyl sites for hydroxylation is 1. The third-order valence-corrected chi connectivity index (χ3v) is 4.66. The van der Waals surface area contributed by atoms with E-state index in [2.05, 4.69) is 20.6 Å². The third kappa shape index (κ3) is 5.63. The Morgan fingerprint density at radius 1 is 1.29 bits per heavy atom. The van der Waals surface area contributed by atoms with Crippen molar-refractivity contribution in [1.29, 1.82) is 0 Å². The Labute approximate surface area is 155 Å². The monoisotopic (exact) mass is 386 g/mol. The quantitative estimate of drug-likeness (QED) is 0.524. The van der Waals surface area contributed by atoms with Crippen LogP contribution in [0.4, 0.5) is 0 Å². The van der Waals surface area contributed by atoms with E-state index in [4.69, 9.17) is 23.2 Å². The van der Waals surface area contributed by atoms with Crippen molar-refractivity contribution < 1.29 is 5.11 Å². The molecule has 0 amide bonds. The number of nitrogens with one attached hydrogen (secondary N) is 2. The lowest BCUT2D eigenvalue weighted by molar-refractivity contribution is 0.181. The molecule has 1 unspecified atom stereocenters. The van der Waals surface area contributed by atoms with E-state index in [1.165, 1.54) is 0 Å². The second-order valence-corrected chi connectivity index (χ2v) is 6.97. The summed E-state index contributed by atoms with van der Waals surface area (Å²) in [5.74, 6) is 0.637. The van der Waals surface area contributed by atoms with E-state index in [1.54, 1.807) is 29.5 Å². The lowest BCUT2D eigenvalue weighted by Crippen LogP contribution is -2.39. The van der Waals surface area contributed by atoms with E-state index >= 15 is 0 Å². The van der Waals surface area contributed by atoms with E-state index in [-0.39, 0.29) is 0 Å². The molecular formula is C16H20Cl2N4OS. The van der Waals surface area contributed by atoms with Crippen LogP contribution in [0.1, 0.15) is 29.2 Å². The van der Waals surface area contributed by atoms with Gasteiger partial charge in [0.2, 0.25) is 0 Å². The van der Waals surface area contributed by atoms with E-state index in [9.17, 15) is 5.11 Å². The normalized spacial score (nSPS) is 13.0. The molecule has 0 bridgehead atoms. The lowest BCUT2D eigenvalue weighted by Gasteiger charge is -2.16. The van der Waals surface area contributed by atoms with E-state index < -0.39 is 6.10 Å². The van der Waals surface area contributed by atoms with Crippen molar-refractivity contribution in [2.45, 2.75) is 26.5 Å². The summed E-state index contributed by atoms with van der Waals surface area (Å²) in [4.78, 5) is 9.85. The number of benzene rings is 1. The molecule has 2 aromatic rings. The van der Waals surface area contributed by atoms with Gasteiger partial charge in [-0.05, 0) is 37.6 Å². The summed E-state index contributed by atoms with van der Waals surface area (Å²) in [7, 11) is 0. The van der Waals surface area contributed by atoms with E-state index in [0.29, 0.717) is 34.7 Å². The Hall–Kier alpha value is -1.34. The van der Waals surface area contributed by atoms with Gasteiger partial charge in [-0.25, -0.2) is 9.98 Å². The number of nitrogens with zero attached hydrogens (tertiary/aromatic N) is 2. The van der Waals surface area contributed by atoms with Crippen molar-refractivity contribution in [2.24, 2.45) is 4.99 Å². The zero-order valence-corrected chi connectivity index (χ0v) is 15.8. The van der Waals surface area contributed by atoms with Crippen LogP contribution in [-0.4, -0.2) is 29.1 Å². The van der Waals surface area contributed by atoms with Crippen molar-refractivity contribution in [3.8, 4) is 0 Å². The maximum Gasteiger partial charge on any atom is 0.191 e. The number of aromatic nitrogens is 1. The summed E-state index contributed by atoms with van der Waals surface area (Å²) in [5, 5.41) is 17.6. The Kier molecular flexibility index (Phi) is 7.30. The van der Waals surface area contributed by atoms with Gasteiger partial charge in [-0.1, -0.05) is 23.2 Å². The minimum atomic E-state index is -0.741. The first-order valence-electron chi connectivity index (χ1n) is 7.54. The molecule has 24 heavy (non-hydrogen) atoms. The molecule has 0 saturated carbocycles. The van der Waals surface area contributed by atoms with E-state index in [1.807, 2.05) is 19.4 Å². The highest BCUT2D eigenvalue weighted by Crippen LogP contribution is 2.23. The molecule has 1 atom stereocenters. The smallest absolute Gasteiger partial charge is 0.191 e. The molecule has 0 aliphatic heterocycles. The first kappa shape index (κ1) is 19.0. The van der Waals surface area contributed by atoms with Gasteiger partial charge >= 0.3 is 0 Å². The highest BCUT2D eigenvalue weighted by Gasteiger charge is 2.10. The Balaban J connectivity index is 1.98. The van der Waals surface area contributed by atoms with Gasteiger partial charge in [-0.2, -0.15) is 0 Å². The summed E-state index contributed by atoms with van der Waals surface area (Å²) < 4.78 is 0. The van der Waals surface area contributed by atoms with Crippen LogP contribution in [-0.2, 0) is 6.54 Å². The fourth-order valence-corrected chi connectivity index (χ4v) is 3.29. The van der Waals surface area contributed by atoms with E-state index in [0.717, 1.165) is 17.1 Å². The summed E-state index contributed by atoms with van der Waals surface area (Å²) in [6, 6.07) is 5.03. The summed E-state index contributed by atoms with van der Waals surface area (Å²) in [6.45, 7) is 5.53. The largest absolute Gasteiger partial charge is 0.387 e. The molecule has 0 aliphatic carbocycles. The topological polar surface area (TPSA) is 69.5 Å². The van der Waals surface area contributed by atoms with Crippen molar-refractivity contribution in [2.75, 3.05) is 13.1 Å². The second kappa shape index (κ2) is 9.22.